The molecule has 0 bridgehead atoms. The van der Waals surface area contributed by atoms with Gasteiger partial charge in [0.05, 0.1) is 18.0 Å². The molecular formula is C10H16N4O. The number of nitrogens with two attached hydrogens (primary N) is 1. The molecule has 1 saturated heterocycles. The van der Waals surface area contributed by atoms with E-state index in [1.807, 2.05) is 4.90 Å². The second kappa shape index (κ2) is 4.02. The molecule has 2 unspecified atom stereocenters. The molecule has 5 nitrogen and oxygen atoms in total. The number of aliphatic hydroxyl groups excluding tert-OH is 1. The average Bonchev–Trinajstić information content (AvgIpc) is 2.23. The van der Waals surface area contributed by atoms with Crippen LogP contribution in [0.25, 0.3) is 0 Å². The summed E-state index contributed by atoms with van der Waals surface area (Å²) in [5.41, 5.74) is 6.35. The molecule has 1 fully saturated rings. The van der Waals surface area contributed by atoms with Crippen molar-refractivity contribution in [3.05, 3.63) is 12.5 Å². The summed E-state index contributed by atoms with van der Waals surface area (Å²) in [6.07, 6.45) is 3.74. The molecule has 0 saturated carbocycles. The standard InChI is InChI=1S/C10H16N4O/c1-7-2-3-14(5-9(7)15)10-8(11)4-12-6-13-10/h4,6-7,9,15H,2-3,5,11H2,1H3. The fraction of sp³-hybridized carbons (Fsp3) is 0.600. The van der Waals surface area contributed by atoms with E-state index in [2.05, 4.69) is 16.9 Å². The zero-order chi connectivity index (χ0) is 10.8. The first-order valence-corrected chi connectivity index (χ1v) is 5.17. The highest BCUT2D eigenvalue weighted by molar-refractivity contribution is 5.61. The Hall–Kier alpha value is -1.36. The lowest BCUT2D eigenvalue weighted by molar-refractivity contribution is 0.102. The predicted octanol–water partition coefficient (Wildman–Crippen LogP) is 0.266. The highest BCUT2D eigenvalue weighted by atomic mass is 16.3. The summed E-state index contributed by atoms with van der Waals surface area (Å²) in [4.78, 5) is 10.0. The number of rotatable bonds is 1. The van der Waals surface area contributed by atoms with Gasteiger partial charge in [-0.1, -0.05) is 6.92 Å². The Morgan fingerprint density at radius 3 is 3.07 bits per heavy atom. The number of hydrogen-bond acceptors (Lipinski definition) is 5. The topological polar surface area (TPSA) is 75.3 Å². The lowest BCUT2D eigenvalue weighted by atomic mass is 9.96. The summed E-state index contributed by atoms with van der Waals surface area (Å²) in [7, 11) is 0. The van der Waals surface area contributed by atoms with Gasteiger partial charge in [-0.05, 0) is 12.3 Å². The molecule has 82 valence electrons. The van der Waals surface area contributed by atoms with E-state index in [9.17, 15) is 5.11 Å². The van der Waals surface area contributed by atoms with Crippen molar-refractivity contribution in [3.8, 4) is 0 Å². The van der Waals surface area contributed by atoms with Crippen LogP contribution in [-0.2, 0) is 0 Å². The third-order valence-corrected chi connectivity index (χ3v) is 2.94. The van der Waals surface area contributed by atoms with E-state index in [1.165, 1.54) is 6.33 Å². The van der Waals surface area contributed by atoms with Gasteiger partial charge in [0.2, 0.25) is 0 Å². The van der Waals surface area contributed by atoms with Gasteiger partial charge in [-0.2, -0.15) is 0 Å². The molecule has 2 rings (SSSR count). The Morgan fingerprint density at radius 1 is 1.60 bits per heavy atom. The average molecular weight is 208 g/mol. The third-order valence-electron chi connectivity index (χ3n) is 2.94. The van der Waals surface area contributed by atoms with Crippen LogP contribution in [0.4, 0.5) is 11.5 Å². The minimum atomic E-state index is -0.298. The van der Waals surface area contributed by atoms with Crippen molar-refractivity contribution in [2.75, 3.05) is 23.7 Å². The van der Waals surface area contributed by atoms with Gasteiger partial charge in [0.25, 0.3) is 0 Å². The van der Waals surface area contributed by atoms with Crippen LogP contribution in [0.2, 0.25) is 0 Å². The lowest BCUT2D eigenvalue weighted by Crippen LogP contribution is -2.43. The van der Waals surface area contributed by atoms with Crippen molar-refractivity contribution in [1.82, 2.24) is 9.97 Å². The Morgan fingerprint density at radius 2 is 2.40 bits per heavy atom. The zero-order valence-electron chi connectivity index (χ0n) is 8.80. The lowest BCUT2D eigenvalue weighted by Gasteiger charge is -2.35. The quantitative estimate of drug-likeness (QED) is 0.692. The summed E-state index contributed by atoms with van der Waals surface area (Å²) < 4.78 is 0. The molecule has 2 heterocycles. The zero-order valence-corrected chi connectivity index (χ0v) is 8.80. The molecule has 3 N–H and O–H groups in total. The molecule has 2 atom stereocenters. The Balaban J connectivity index is 2.15. The summed E-state index contributed by atoms with van der Waals surface area (Å²) >= 11 is 0. The van der Waals surface area contributed by atoms with Crippen molar-refractivity contribution in [2.24, 2.45) is 5.92 Å². The number of aromatic nitrogens is 2. The summed E-state index contributed by atoms with van der Waals surface area (Å²) in [5.74, 6) is 1.08. The first kappa shape index (κ1) is 10.2. The molecule has 15 heavy (non-hydrogen) atoms. The van der Waals surface area contributed by atoms with Gasteiger partial charge in [0, 0.05) is 13.1 Å². The van der Waals surface area contributed by atoms with E-state index in [1.54, 1.807) is 6.20 Å². The summed E-state index contributed by atoms with van der Waals surface area (Å²) in [5, 5.41) is 9.77. The smallest absolute Gasteiger partial charge is 0.155 e. The molecule has 0 aliphatic carbocycles. The van der Waals surface area contributed by atoms with Gasteiger partial charge >= 0.3 is 0 Å². The SMILES string of the molecule is CC1CCN(c2ncncc2N)CC1O. The molecule has 0 spiro atoms. The van der Waals surface area contributed by atoms with Crippen molar-refractivity contribution in [2.45, 2.75) is 19.4 Å². The van der Waals surface area contributed by atoms with E-state index in [-0.39, 0.29) is 6.10 Å². The van der Waals surface area contributed by atoms with Crippen molar-refractivity contribution < 1.29 is 5.11 Å². The summed E-state index contributed by atoms with van der Waals surface area (Å²) in [6.45, 7) is 3.55. The van der Waals surface area contributed by atoms with E-state index in [0.29, 0.717) is 18.2 Å². The fourth-order valence-corrected chi connectivity index (χ4v) is 1.84. The van der Waals surface area contributed by atoms with E-state index >= 15 is 0 Å². The Labute approximate surface area is 88.9 Å². The first-order chi connectivity index (χ1) is 7.18. The number of hydrogen-bond donors (Lipinski definition) is 2. The monoisotopic (exact) mass is 208 g/mol. The Bertz CT molecular complexity index is 344. The van der Waals surface area contributed by atoms with Crippen molar-refractivity contribution >= 4 is 11.5 Å². The van der Waals surface area contributed by atoms with Crippen LogP contribution in [0.5, 0.6) is 0 Å². The molecule has 0 amide bonds. The fourth-order valence-electron chi connectivity index (χ4n) is 1.84. The van der Waals surface area contributed by atoms with Crippen molar-refractivity contribution in [1.29, 1.82) is 0 Å². The minimum Gasteiger partial charge on any atom is -0.394 e. The van der Waals surface area contributed by atoms with E-state index in [0.717, 1.165) is 18.8 Å². The van der Waals surface area contributed by atoms with E-state index in [4.69, 9.17) is 5.73 Å². The van der Waals surface area contributed by atoms with Gasteiger partial charge in [-0.15, -0.1) is 0 Å². The van der Waals surface area contributed by atoms with Gasteiger partial charge < -0.3 is 15.7 Å². The number of piperidine rings is 1. The molecule has 0 radical (unpaired) electrons. The number of nitrogen functional groups attached to an aromatic ring is 1. The van der Waals surface area contributed by atoms with Crippen molar-refractivity contribution in [3.63, 3.8) is 0 Å². The largest absolute Gasteiger partial charge is 0.394 e. The van der Waals surface area contributed by atoms with Gasteiger partial charge in [0.15, 0.2) is 5.82 Å². The van der Waals surface area contributed by atoms with Crippen LogP contribution < -0.4 is 10.6 Å². The third kappa shape index (κ3) is 2.02. The second-order valence-electron chi connectivity index (χ2n) is 4.08. The normalized spacial score (nSPS) is 26.7. The molecule has 1 aromatic rings. The molecule has 1 aromatic heterocycles. The molecule has 0 aromatic carbocycles. The number of β-amino-alcohol motifs (C(OH)–C–C–N with tert-alkyl or cyclic N) is 1. The molecule has 1 aliphatic rings. The highest BCUT2D eigenvalue weighted by Crippen LogP contribution is 2.24. The van der Waals surface area contributed by atoms with E-state index < -0.39 is 0 Å². The van der Waals surface area contributed by atoms with Gasteiger partial charge in [0.1, 0.15) is 6.33 Å². The predicted molar refractivity (Wildman–Crippen MR) is 58.4 cm³/mol. The maximum atomic E-state index is 9.77. The van der Waals surface area contributed by atoms with Gasteiger partial charge in [-0.3, -0.25) is 0 Å². The van der Waals surface area contributed by atoms with Crippen LogP contribution in [0.15, 0.2) is 12.5 Å². The number of aliphatic hydroxyl groups is 1. The van der Waals surface area contributed by atoms with Crippen LogP contribution in [0.1, 0.15) is 13.3 Å². The van der Waals surface area contributed by atoms with Gasteiger partial charge in [-0.25, -0.2) is 9.97 Å². The highest BCUT2D eigenvalue weighted by Gasteiger charge is 2.25. The summed E-state index contributed by atoms with van der Waals surface area (Å²) in [6, 6.07) is 0. The van der Waals surface area contributed by atoms with Crippen LogP contribution in [0.3, 0.4) is 0 Å². The molecular weight excluding hydrogens is 192 g/mol. The van der Waals surface area contributed by atoms with Crippen LogP contribution in [0, 0.1) is 5.92 Å². The maximum absolute atomic E-state index is 9.77. The number of nitrogens with zero attached hydrogens (tertiary/aromatic N) is 3. The number of anilines is 2. The van der Waals surface area contributed by atoms with Crippen LogP contribution in [-0.4, -0.2) is 34.3 Å². The second-order valence-corrected chi connectivity index (χ2v) is 4.08. The Kier molecular flexibility index (Phi) is 2.73. The molecule has 1 aliphatic heterocycles. The maximum Gasteiger partial charge on any atom is 0.155 e. The molecule has 5 heteroatoms. The van der Waals surface area contributed by atoms with Crippen LogP contribution >= 0.6 is 0 Å². The first-order valence-electron chi connectivity index (χ1n) is 5.17. The minimum absolute atomic E-state index is 0.298.